The molecule has 2 aromatic carbocycles. The molecule has 0 unspecified atom stereocenters. The number of hydrogen-bond donors (Lipinski definition) is 2. The van der Waals surface area contributed by atoms with E-state index < -0.39 is 0 Å². The van der Waals surface area contributed by atoms with Gasteiger partial charge in [0.15, 0.2) is 5.78 Å². The number of carbonyl (C=O) groups excluding carboxylic acids is 1. The molecule has 3 aromatic rings. The number of halogens is 1. The number of nitrogens with one attached hydrogen (secondary N) is 1. The highest BCUT2D eigenvalue weighted by atomic mass is 79.9. The number of benzene rings is 2. The fourth-order valence-electron chi connectivity index (χ4n) is 2.44. The van der Waals surface area contributed by atoms with Gasteiger partial charge in [0.25, 0.3) is 0 Å². The van der Waals surface area contributed by atoms with Crippen LogP contribution >= 0.6 is 15.9 Å². The lowest BCUT2D eigenvalue weighted by molar-refractivity contribution is 0.0974. The van der Waals surface area contributed by atoms with E-state index in [-0.39, 0.29) is 18.9 Å². The minimum Gasteiger partial charge on any atom is -0.395 e. The molecular weight excluding hydrogens is 358 g/mol. The third-order valence-corrected chi connectivity index (χ3v) is 3.99. The number of para-hydroxylation sites is 2. The molecule has 2 N–H and O–H groups in total. The summed E-state index contributed by atoms with van der Waals surface area (Å²) in [4.78, 5) is 17.1. The molecule has 0 aliphatic rings. The lowest BCUT2D eigenvalue weighted by Crippen LogP contribution is -2.15. The van der Waals surface area contributed by atoms with Crippen LogP contribution in [0.3, 0.4) is 0 Å². The van der Waals surface area contributed by atoms with E-state index in [1.54, 1.807) is 6.07 Å². The molecule has 0 radical (unpaired) electrons. The molecule has 0 amide bonds. The maximum atomic E-state index is 12.6. The zero-order valence-electron chi connectivity index (χ0n) is 12.4. The maximum Gasteiger partial charge on any atom is 0.204 e. The molecule has 0 bridgehead atoms. The van der Waals surface area contributed by atoms with Crippen LogP contribution in [0.4, 0.5) is 5.95 Å². The molecule has 118 valence electrons. The number of aromatic nitrogens is 2. The van der Waals surface area contributed by atoms with E-state index in [0.717, 1.165) is 15.5 Å². The van der Waals surface area contributed by atoms with Crippen LogP contribution in [0, 0.1) is 0 Å². The number of aliphatic hydroxyl groups excluding tert-OH is 1. The van der Waals surface area contributed by atoms with Crippen molar-refractivity contribution >= 4 is 38.7 Å². The molecule has 5 nitrogen and oxygen atoms in total. The van der Waals surface area contributed by atoms with Gasteiger partial charge in [0.1, 0.15) is 0 Å². The normalized spacial score (nSPS) is 10.9. The number of ketones is 1. The van der Waals surface area contributed by atoms with Crippen molar-refractivity contribution < 1.29 is 9.90 Å². The second-order valence-electron chi connectivity index (χ2n) is 5.09. The molecule has 1 heterocycles. The van der Waals surface area contributed by atoms with Crippen molar-refractivity contribution in [3.05, 3.63) is 58.6 Å². The molecule has 0 saturated carbocycles. The van der Waals surface area contributed by atoms with Crippen molar-refractivity contribution in [3.8, 4) is 0 Å². The summed E-state index contributed by atoms with van der Waals surface area (Å²) in [7, 11) is 0. The van der Waals surface area contributed by atoms with Crippen LogP contribution in [0.2, 0.25) is 0 Å². The van der Waals surface area contributed by atoms with E-state index in [0.29, 0.717) is 18.1 Å². The Morgan fingerprint density at radius 2 is 2.04 bits per heavy atom. The van der Waals surface area contributed by atoms with Crippen LogP contribution in [-0.2, 0) is 6.54 Å². The molecule has 3 rings (SSSR count). The highest BCUT2D eigenvalue weighted by molar-refractivity contribution is 9.10. The van der Waals surface area contributed by atoms with Crippen molar-refractivity contribution in [1.29, 1.82) is 0 Å². The number of aliphatic hydroxyl groups is 1. The van der Waals surface area contributed by atoms with Gasteiger partial charge in [0.05, 0.1) is 24.2 Å². The molecule has 0 fully saturated rings. The fourth-order valence-corrected chi connectivity index (χ4v) is 2.83. The van der Waals surface area contributed by atoms with E-state index in [9.17, 15) is 4.79 Å². The second kappa shape index (κ2) is 6.93. The van der Waals surface area contributed by atoms with Crippen molar-refractivity contribution in [1.82, 2.24) is 9.55 Å². The summed E-state index contributed by atoms with van der Waals surface area (Å²) >= 11 is 3.39. The van der Waals surface area contributed by atoms with Crippen LogP contribution in [0.1, 0.15) is 10.4 Å². The van der Waals surface area contributed by atoms with E-state index in [4.69, 9.17) is 5.11 Å². The molecule has 0 aliphatic carbocycles. The van der Waals surface area contributed by atoms with Crippen LogP contribution < -0.4 is 5.32 Å². The second-order valence-corrected chi connectivity index (χ2v) is 6.01. The molecule has 0 saturated heterocycles. The predicted octanol–water partition coefficient (Wildman–Crippen LogP) is 3.09. The monoisotopic (exact) mass is 373 g/mol. The Hall–Kier alpha value is -2.18. The molecule has 6 heteroatoms. The van der Waals surface area contributed by atoms with Gasteiger partial charge in [-0.1, -0.05) is 40.2 Å². The number of fused-ring (bicyclic) bond motifs is 1. The Morgan fingerprint density at radius 3 is 2.83 bits per heavy atom. The number of carbonyl (C=O) groups is 1. The number of imidazole rings is 1. The average Bonchev–Trinajstić information content (AvgIpc) is 2.90. The SMILES string of the molecule is O=C(Cn1c(NCCO)nc2ccccc21)c1cccc(Br)c1. The minimum atomic E-state index is 0.00139. The van der Waals surface area contributed by atoms with Crippen LogP contribution in [0.5, 0.6) is 0 Å². The minimum absolute atomic E-state index is 0.00139. The average molecular weight is 374 g/mol. The van der Waals surface area contributed by atoms with Gasteiger partial charge >= 0.3 is 0 Å². The lowest BCUT2D eigenvalue weighted by atomic mass is 10.1. The van der Waals surface area contributed by atoms with Gasteiger partial charge in [0, 0.05) is 16.6 Å². The van der Waals surface area contributed by atoms with Gasteiger partial charge < -0.3 is 15.0 Å². The third kappa shape index (κ3) is 3.43. The van der Waals surface area contributed by atoms with Gasteiger partial charge in [-0.05, 0) is 24.3 Å². The maximum absolute atomic E-state index is 12.6. The zero-order chi connectivity index (χ0) is 16.2. The van der Waals surface area contributed by atoms with Crippen molar-refractivity contribution in [2.75, 3.05) is 18.5 Å². The summed E-state index contributed by atoms with van der Waals surface area (Å²) in [6, 6.07) is 15.0. The zero-order valence-corrected chi connectivity index (χ0v) is 14.0. The van der Waals surface area contributed by atoms with Gasteiger partial charge in [-0.25, -0.2) is 4.98 Å². The topological polar surface area (TPSA) is 67.2 Å². The number of hydrogen-bond acceptors (Lipinski definition) is 4. The van der Waals surface area contributed by atoms with Crippen molar-refractivity contribution in [2.24, 2.45) is 0 Å². The van der Waals surface area contributed by atoms with E-state index >= 15 is 0 Å². The molecule has 1 aromatic heterocycles. The summed E-state index contributed by atoms with van der Waals surface area (Å²) in [5.74, 6) is 0.588. The Labute approximate surface area is 142 Å². The number of Topliss-reactive ketones (excluding diaryl/α,β-unsaturated/α-hetero) is 1. The summed E-state index contributed by atoms with van der Waals surface area (Å²) in [5, 5.41) is 12.1. The highest BCUT2D eigenvalue weighted by Crippen LogP contribution is 2.21. The first-order valence-electron chi connectivity index (χ1n) is 7.28. The van der Waals surface area contributed by atoms with Gasteiger partial charge in [0.2, 0.25) is 5.95 Å². The Bertz CT molecular complexity index is 845. The van der Waals surface area contributed by atoms with E-state index in [1.165, 1.54) is 0 Å². The van der Waals surface area contributed by atoms with Gasteiger partial charge in [-0.15, -0.1) is 0 Å². The third-order valence-electron chi connectivity index (χ3n) is 3.50. The van der Waals surface area contributed by atoms with Gasteiger partial charge in [-0.2, -0.15) is 0 Å². The van der Waals surface area contributed by atoms with Crippen LogP contribution in [-0.4, -0.2) is 33.6 Å². The van der Waals surface area contributed by atoms with Crippen molar-refractivity contribution in [3.63, 3.8) is 0 Å². The number of anilines is 1. The van der Waals surface area contributed by atoms with Crippen LogP contribution in [0.15, 0.2) is 53.0 Å². The number of rotatable bonds is 6. The first-order valence-corrected chi connectivity index (χ1v) is 8.07. The predicted molar refractivity (Wildman–Crippen MR) is 93.8 cm³/mol. The van der Waals surface area contributed by atoms with Crippen molar-refractivity contribution in [2.45, 2.75) is 6.54 Å². The Morgan fingerprint density at radius 1 is 1.22 bits per heavy atom. The summed E-state index contributed by atoms with van der Waals surface area (Å²) in [6.07, 6.45) is 0. The quantitative estimate of drug-likeness (QED) is 0.651. The first kappa shape index (κ1) is 15.7. The van der Waals surface area contributed by atoms with Crippen LogP contribution in [0.25, 0.3) is 11.0 Å². The van der Waals surface area contributed by atoms with Gasteiger partial charge in [-0.3, -0.25) is 4.79 Å². The molecule has 0 spiro atoms. The molecule has 23 heavy (non-hydrogen) atoms. The summed E-state index contributed by atoms with van der Waals surface area (Å²) < 4.78 is 2.71. The first-order chi connectivity index (χ1) is 11.2. The summed E-state index contributed by atoms with van der Waals surface area (Å²) in [5.41, 5.74) is 2.34. The van der Waals surface area contributed by atoms with E-state index in [2.05, 4.69) is 26.2 Å². The van der Waals surface area contributed by atoms with E-state index in [1.807, 2.05) is 47.0 Å². The largest absolute Gasteiger partial charge is 0.395 e. The molecular formula is C17H16BrN3O2. The Balaban J connectivity index is 1.96. The summed E-state index contributed by atoms with van der Waals surface area (Å²) in [6.45, 7) is 0.571. The molecule has 0 aliphatic heterocycles. The Kier molecular flexibility index (Phi) is 4.73. The molecule has 0 atom stereocenters. The fraction of sp³-hybridized carbons (Fsp3) is 0.176. The number of nitrogens with zero attached hydrogens (tertiary/aromatic N) is 2. The lowest BCUT2D eigenvalue weighted by Gasteiger charge is -2.10. The smallest absolute Gasteiger partial charge is 0.204 e. The highest BCUT2D eigenvalue weighted by Gasteiger charge is 2.14. The standard InChI is InChI=1S/C17H16BrN3O2/c18-13-5-3-4-12(10-13)16(23)11-21-15-7-2-1-6-14(15)20-17(21)19-8-9-22/h1-7,10,22H,8-9,11H2,(H,19,20).